The Balaban J connectivity index is 0.000000207. The minimum Gasteiger partial charge on any atom is -0.741 e. The van der Waals surface area contributed by atoms with Gasteiger partial charge in [-0.3, -0.25) is 5.32 Å². The van der Waals surface area contributed by atoms with E-state index in [4.69, 9.17) is 13.0 Å². The van der Waals surface area contributed by atoms with Gasteiger partial charge in [-0.1, -0.05) is 35.3 Å². The quantitative estimate of drug-likeness (QED) is 0.479. The zero-order valence-electron chi connectivity index (χ0n) is 11.6. The highest BCUT2D eigenvalue weighted by atomic mass is 32.2. The molecule has 6 nitrogen and oxygen atoms in total. The first-order valence-electron chi connectivity index (χ1n) is 6.37. The largest absolute Gasteiger partial charge is 0.741 e. The Morgan fingerprint density at radius 2 is 1.83 bits per heavy atom. The standard InChI is InChI=1S/C12H11N3.CHF3O3S/c1-2-5-10(6-3-1)11-9-14-12-13-7-4-8-15(11)12;2-1(3,4)8(5,6)7/h1-8,11H,9H2;(H,5,6,7). The van der Waals surface area contributed by atoms with Gasteiger partial charge in [-0.15, -0.1) is 0 Å². The third-order valence-electron chi connectivity index (χ3n) is 3.03. The van der Waals surface area contributed by atoms with E-state index in [1.165, 1.54) is 5.56 Å². The minimum absolute atomic E-state index is 0.370. The second-order valence-electron chi connectivity index (χ2n) is 4.56. The van der Waals surface area contributed by atoms with Crippen LogP contribution in [0.3, 0.4) is 0 Å². The van der Waals surface area contributed by atoms with Crippen LogP contribution in [0.2, 0.25) is 0 Å². The maximum Gasteiger partial charge on any atom is 0.485 e. The number of aromatic nitrogens is 2. The van der Waals surface area contributed by atoms with Crippen molar-refractivity contribution < 1.29 is 30.7 Å². The molecule has 0 saturated carbocycles. The van der Waals surface area contributed by atoms with Gasteiger partial charge in [-0.2, -0.15) is 13.2 Å². The zero-order chi connectivity index (χ0) is 17.1. The van der Waals surface area contributed by atoms with E-state index < -0.39 is 15.6 Å². The van der Waals surface area contributed by atoms with Crippen LogP contribution in [0.25, 0.3) is 0 Å². The predicted octanol–water partition coefficient (Wildman–Crippen LogP) is 1.44. The van der Waals surface area contributed by atoms with Crippen molar-refractivity contribution in [2.24, 2.45) is 0 Å². The molecule has 124 valence electrons. The summed E-state index contributed by atoms with van der Waals surface area (Å²) in [6.07, 6.45) is 3.88. The van der Waals surface area contributed by atoms with Crippen molar-refractivity contribution in [3.8, 4) is 0 Å². The van der Waals surface area contributed by atoms with Crippen molar-refractivity contribution in [1.29, 1.82) is 0 Å². The molecule has 0 spiro atoms. The molecule has 1 aromatic carbocycles. The van der Waals surface area contributed by atoms with Gasteiger partial charge in [0.1, 0.15) is 18.8 Å². The van der Waals surface area contributed by atoms with Gasteiger partial charge in [-0.05, 0) is 5.56 Å². The first-order valence-corrected chi connectivity index (χ1v) is 7.78. The number of anilines is 1. The van der Waals surface area contributed by atoms with E-state index in [-0.39, 0.29) is 0 Å². The lowest BCUT2D eigenvalue weighted by molar-refractivity contribution is -0.689. The van der Waals surface area contributed by atoms with Crippen molar-refractivity contribution in [3.05, 3.63) is 54.4 Å². The Hall–Kier alpha value is -2.20. The third kappa shape index (κ3) is 4.17. The molecule has 2 aromatic rings. The molecule has 0 radical (unpaired) electrons. The Morgan fingerprint density at radius 1 is 1.22 bits per heavy atom. The Morgan fingerprint density at radius 3 is 2.39 bits per heavy atom. The SMILES string of the molecule is O=S(=O)([O-])C(F)(F)F.c1ccc(C2CNc3nccc[n+]32)cc1. The number of nitrogens with one attached hydrogen (secondary N) is 1. The van der Waals surface area contributed by atoms with Crippen LogP contribution in [0, 0.1) is 0 Å². The number of rotatable bonds is 1. The predicted molar refractivity (Wildman–Crippen MR) is 73.3 cm³/mol. The van der Waals surface area contributed by atoms with Crippen molar-refractivity contribution >= 4 is 16.1 Å². The molecule has 0 amide bonds. The van der Waals surface area contributed by atoms with Crippen LogP contribution in [0.15, 0.2) is 48.8 Å². The van der Waals surface area contributed by atoms with Crippen LogP contribution in [0.5, 0.6) is 0 Å². The molecule has 10 heteroatoms. The first-order chi connectivity index (χ1) is 10.7. The summed E-state index contributed by atoms with van der Waals surface area (Å²) in [7, 11) is -6.09. The molecule has 1 aliphatic heterocycles. The molecule has 2 heterocycles. The topological polar surface area (TPSA) is 86.0 Å². The van der Waals surface area contributed by atoms with Crippen molar-refractivity contribution in [3.63, 3.8) is 0 Å². The summed E-state index contributed by atoms with van der Waals surface area (Å²) >= 11 is 0. The molecule has 0 bridgehead atoms. The fraction of sp³-hybridized carbons (Fsp3) is 0.231. The number of hydrogen-bond acceptors (Lipinski definition) is 5. The van der Waals surface area contributed by atoms with E-state index >= 15 is 0 Å². The highest BCUT2D eigenvalue weighted by Crippen LogP contribution is 2.20. The van der Waals surface area contributed by atoms with Gasteiger partial charge in [0, 0.05) is 6.07 Å². The average Bonchev–Trinajstić information content (AvgIpc) is 2.91. The minimum atomic E-state index is -6.09. The maximum atomic E-state index is 10.7. The molecule has 0 saturated heterocycles. The number of nitrogens with zero attached hydrogens (tertiary/aromatic N) is 2. The molecule has 23 heavy (non-hydrogen) atoms. The molecule has 0 fully saturated rings. The van der Waals surface area contributed by atoms with Crippen LogP contribution in [-0.4, -0.2) is 30.0 Å². The van der Waals surface area contributed by atoms with Crippen molar-refractivity contribution in [2.45, 2.75) is 11.6 Å². The highest BCUT2D eigenvalue weighted by molar-refractivity contribution is 7.86. The van der Waals surface area contributed by atoms with Gasteiger partial charge in [0.25, 0.3) is 0 Å². The van der Waals surface area contributed by atoms with Gasteiger partial charge in [-0.25, -0.2) is 13.0 Å². The molecule has 1 N–H and O–H groups in total. The van der Waals surface area contributed by atoms with Crippen molar-refractivity contribution in [1.82, 2.24) is 4.98 Å². The number of fused-ring (bicyclic) bond motifs is 1. The maximum absolute atomic E-state index is 10.7. The molecule has 1 unspecified atom stereocenters. The lowest BCUT2D eigenvalue weighted by atomic mass is 10.1. The smallest absolute Gasteiger partial charge is 0.485 e. The van der Waals surface area contributed by atoms with Gasteiger partial charge in [0.05, 0.1) is 6.20 Å². The van der Waals surface area contributed by atoms with Gasteiger partial charge in [0.15, 0.2) is 10.1 Å². The van der Waals surface area contributed by atoms with Crippen LogP contribution in [0.1, 0.15) is 11.6 Å². The highest BCUT2D eigenvalue weighted by Gasteiger charge is 2.36. The second-order valence-corrected chi connectivity index (χ2v) is 5.93. The van der Waals surface area contributed by atoms with E-state index in [2.05, 4.69) is 45.3 Å². The van der Waals surface area contributed by atoms with E-state index in [9.17, 15) is 13.2 Å². The lowest BCUT2D eigenvalue weighted by Gasteiger charge is -2.08. The summed E-state index contributed by atoms with van der Waals surface area (Å²) in [6.45, 7) is 0.918. The normalized spacial score (nSPS) is 16.8. The Labute approximate surface area is 130 Å². The Kier molecular flexibility index (Phi) is 4.85. The number of hydrogen-bond donors (Lipinski definition) is 1. The summed E-state index contributed by atoms with van der Waals surface area (Å²) in [5.74, 6) is 0.950. The summed E-state index contributed by atoms with van der Waals surface area (Å²) in [5.41, 5.74) is -4.32. The Bertz CT molecular complexity index is 767. The number of benzene rings is 1. The van der Waals surface area contributed by atoms with Gasteiger partial charge < -0.3 is 4.55 Å². The summed E-state index contributed by atoms with van der Waals surface area (Å²) in [5, 5.41) is 3.30. The molecule has 3 rings (SSSR count). The lowest BCUT2D eigenvalue weighted by Crippen LogP contribution is -2.37. The zero-order valence-corrected chi connectivity index (χ0v) is 12.4. The fourth-order valence-corrected chi connectivity index (χ4v) is 2.01. The summed E-state index contributed by atoms with van der Waals surface area (Å²) in [6, 6.07) is 12.8. The molecule has 1 atom stereocenters. The van der Waals surface area contributed by atoms with Gasteiger partial charge in [0.2, 0.25) is 0 Å². The number of alkyl halides is 3. The van der Waals surface area contributed by atoms with Crippen LogP contribution in [-0.2, 0) is 10.1 Å². The molecular weight excluding hydrogens is 335 g/mol. The molecule has 1 aliphatic rings. The van der Waals surface area contributed by atoms with Gasteiger partial charge >= 0.3 is 11.5 Å². The molecule has 0 aliphatic carbocycles. The monoisotopic (exact) mass is 347 g/mol. The second kappa shape index (κ2) is 6.50. The van der Waals surface area contributed by atoms with Crippen LogP contribution in [0.4, 0.5) is 19.1 Å². The fourth-order valence-electron chi connectivity index (χ4n) is 2.01. The average molecular weight is 347 g/mol. The molecular formula is C13H12F3N3O3S. The third-order valence-corrected chi connectivity index (χ3v) is 3.60. The molecule has 1 aromatic heterocycles. The summed E-state index contributed by atoms with van der Waals surface area (Å²) < 4.78 is 61.1. The summed E-state index contributed by atoms with van der Waals surface area (Å²) in [4.78, 5) is 4.29. The first kappa shape index (κ1) is 17.2. The van der Waals surface area contributed by atoms with Crippen molar-refractivity contribution in [2.75, 3.05) is 11.9 Å². The van der Waals surface area contributed by atoms with E-state index in [1.807, 2.05) is 18.3 Å². The number of halogens is 3. The van der Waals surface area contributed by atoms with E-state index in [1.54, 1.807) is 0 Å². The van der Waals surface area contributed by atoms with E-state index in [0.717, 1.165) is 12.5 Å². The van der Waals surface area contributed by atoms with Crippen LogP contribution < -0.4 is 9.88 Å². The van der Waals surface area contributed by atoms with E-state index in [0.29, 0.717) is 6.04 Å². The van der Waals surface area contributed by atoms with Crippen LogP contribution >= 0.6 is 0 Å².